The number of nitrogens with one attached hydrogen (secondary N) is 1. The largest absolute Gasteiger partial charge is 0.496 e. The number of fused-ring (bicyclic) bond motifs is 1. The Labute approximate surface area is 140 Å². The minimum atomic E-state index is -3.64. The first-order valence-electron chi connectivity index (χ1n) is 6.33. The lowest BCUT2D eigenvalue weighted by Crippen LogP contribution is -2.12. The van der Waals surface area contributed by atoms with Gasteiger partial charge in [0.25, 0.3) is 10.0 Å². The molecule has 0 radical (unpaired) electrons. The van der Waals surface area contributed by atoms with E-state index in [-0.39, 0.29) is 4.90 Å². The summed E-state index contributed by atoms with van der Waals surface area (Å²) in [7, 11) is -2.11. The summed E-state index contributed by atoms with van der Waals surface area (Å²) in [5.41, 5.74) is 0.540. The van der Waals surface area contributed by atoms with Gasteiger partial charge in [-0.3, -0.25) is 4.72 Å². The number of hydrogen-bond donors (Lipinski definition) is 1. The van der Waals surface area contributed by atoms with E-state index in [9.17, 15) is 8.42 Å². The summed E-state index contributed by atoms with van der Waals surface area (Å²) in [5, 5.41) is 2.99. The lowest BCUT2D eigenvalue weighted by atomic mass is 10.2. The zero-order chi connectivity index (χ0) is 15.7. The number of hydrogen-bond acceptors (Lipinski definition) is 4. The molecular formula is C15H12BrNO3S2. The van der Waals surface area contributed by atoms with Crippen molar-refractivity contribution in [3.63, 3.8) is 0 Å². The molecule has 0 unspecified atom stereocenters. The molecule has 0 saturated carbocycles. The molecule has 4 nitrogen and oxygen atoms in total. The third kappa shape index (κ3) is 2.97. The molecular weight excluding hydrogens is 386 g/mol. The SMILES string of the molecule is COc1ccc(S(=O)(=O)Nc2ccc3sccc3c2)cc1Br. The standard InChI is InChI=1S/C15H12BrNO3S2/c1-20-14-4-3-12(9-13(14)16)22(18,19)17-11-2-5-15-10(8-11)6-7-21-15/h2-9,17H,1H3. The van der Waals surface area contributed by atoms with E-state index in [1.54, 1.807) is 23.5 Å². The molecule has 1 heterocycles. The van der Waals surface area contributed by atoms with Crippen molar-refractivity contribution in [3.8, 4) is 5.75 Å². The predicted molar refractivity (Wildman–Crippen MR) is 93.3 cm³/mol. The zero-order valence-corrected chi connectivity index (χ0v) is 14.8. The predicted octanol–water partition coefficient (Wildman–Crippen LogP) is 4.47. The summed E-state index contributed by atoms with van der Waals surface area (Å²) < 4.78 is 34.3. The van der Waals surface area contributed by atoms with Gasteiger partial charge in [0, 0.05) is 10.4 Å². The number of halogens is 1. The van der Waals surface area contributed by atoms with Gasteiger partial charge in [0.1, 0.15) is 5.75 Å². The van der Waals surface area contributed by atoms with Crippen LogP contribution in [-0.4, -0.2) is 15.5 Å². The van der Waals surface area contributed by atoms with Gasteiger partial charge in [-0.05, 0) is 69.2 Å². The number of benzene rings is 2. The number of rotatable bonds is 4. The number of thiophene rings is 1. The van der Waals surface area contributed by atoms with Crippen LogP contribution < -0.4 is 9.46 Å². The van der Waals surface area contributed by atoms with Crippen molar-refractivity contribution < 1.29 is 13.2 Å². The summed E-state index contributed by atoms with van der Waals surface area (Å²) in [4.78, 5) is 0.172. The van der Waals surface area contributed by atoms with Crippen molar-refractivity contribution in [2.75, 3.05) is 11.8 Å². The van der Waals surface area contributed by atoms with E-state index in [0.29, 0.717) is 15.9 Å². The van der Waals surface area contributed by atoms with Crippen LogP contribution in [0.5, 0.6) is 5.75 Å². The molecule has 0 bridgehead atoms. The van der Waals surface area contributed by atoms with Crippen molar-refractivity contribution in [1.82, 2.24) is 0 Å². The van der Waals surface area contributed by atoms with Gasteiger partial charge in [0.15, 0.2) is 0 Å². The van der Waals surface area contributed by atoms with Crippen molar-refractivity contribution in [2.45, 2.75) is 4.90 Å². The van der Waals surface area contributed by atoms with Crippen LogP contribution in [0, 0.1) is 0 Å². The van der Waals surface area contributed by atoms with Crippen molar-refractivity contribution >= 4 is 53.1 Å². The van der Waals surface area contributed by atoms with Gasteiger partial charge in [0.2, 0.25) is 0 Å². The molecule has 7 heteroatoms. The van der Waals surface area contributed by atoms with E-state index in [1.165, 1.54) is 19.2 Å². The van der Waals surface area contributed by atoms with Crippen molar-refractivity contribution in [1.29, 1.82) is 0 Å². The summed E-state index contributed by atoms with van der Waals surface area (Å²) in [6, 6.07) is 12.1. The second-order valence-corrected chi connectivity index (χ2v) is 8.06. The van der Waals surface area contributed by atoms with Crippen LogP contribution in [0.1, 0.15) is 0 Å². The molecule has 0 aliphatic heterocycles. The Bertz CT molecular complexity index is 935. The molecule has 3 rings (SSSR count). The quantitative estimate of drug-likeness (QED) is 0.706. The number of ether oxygens (including phenoxy) is 1. The van der Waals surface area contributed by atoms with Crippen molar-refractivity contribution in [3.05, 3.63) is 52.3 Å². The molecule has 3 aromatic rings. The van der Waals surface area contributed by atoms with Gasteiger partial charge in [-0.25, -0.2) is 8.42 Å². The summed E-state index contributed by atoms with van der Waals surface area (Å²) >= 11 is 4.92. The zero-order valence-electron chi connectivity index (χ0n) is 11.5. The summed E-state index contributed by atoms with van der Waals surface area (Å²) in [6.45, 7) is 0. The fraction of sp³-hybridized carbons (Fsp3) is 0.0667. The van der Waals surface area contributed by atoms with Crippen LogP contribution in [0.2, 0.25) is 0 Å². The minimum absolute atomic E-state index is 0.172. The Hall–Kier alpha value is -1.57. The lowest BCUT2D eigenvalue weighted by molar-refractivity contribution is 0.411. The molecule has 0 saturated heterocycles. The fourth-order valence-corrected chi connectivity index (χ4v) is 4.60. The van der Waals surface area contributed by atoms with Gasteiger partial charge in [-0.2, -0.15) is 0 Å². The summed E-state index contributed by atoms with van der Waals surface area (Å²) in [6.07, 6.45) is 0. The minimum Gasteiger partial charge on any atom is -0.496 e. The molecule has 22 heavy (non-hydrogen) atoms. The molecule has 0 amide bonds. The molecule has 0 atom stereocenters. The molecule has 1 N–H and O–H groups in total. The van der Waals surface area contributed by atoms with E-state index < -0.39 is 10.0 Å². The third-order valence-electron chi connectivity index (χ3n) is 3.14. The Morgan fingerprint density at radius 2 is 1.95 bits per heavy atom. The molecule has 0 spiro atoms. The van der Waals surface area contributed by atoms with Crippen LogP contribution in [0.25, 0.3) is 10.1 Å². The first-order valence-corrected chi connectivity index (χ1v) is 9.49. The summed E-state index contributed by atoms with van der Waals surface area (Å²) in [5.74, 6) is 0.582. The van der Waals surface area contributed by atoms with Crippen LogP contribution >= 0.6 is 27.3 Å². The Balaban J connectivity index is 1.93. The highest BCUT2D eigenvalue weighted by Gasteiger charge is 2.16. The molecule has 2 aromatic carbocycles. The van der Waals surface area contributed by atoms with E-state index in [1.807, 2.05) is 23.6 Å². The van der Waals surface area contributed by atoms with Crippen LogP contribution in [0.4, 0.5) is 5.69 Å². The maximum Gasteiger partial charge on any atom is 0.261 e. The first kappa shape index (κ1) is 15.3. The van der Waals surface area contributed by atoms with E-state index in [2.05, 4.69) is 20.7 Å². The highest BCUT2D eigenvalue weighted by atomic mass is 79.9. The smallest absolute Gasteiger partial charge is 0.261 e. The monoisotopic (exact) mass is 397 g/mol. The van der Waals surface area contributed by atoms with Gasteiger partial charge in [-0.15, -0.1) is 11.3 Å². The molecule has 114 valence electrons. The molecule has 1 aromatic heterocycles. The van der Waals surface area contributed by atoms with Crippen molar-refractivity contribution in [2.24, 2.45) is 0 Å². The van der Waals surface area contributed by atoms with Gasteiger partial charge >= 0.3 is 0 Å². The molecule has 0 fully saturated rings. The third-order valence-corrected chi connectivity index (χ3v) is 6.03. The highest BCUT2D eigenvalue weighted by molar-refractivity contribution is 9.10. The number of sulfonamides is 1. The molecule has 0 aliphatic rings. The van der Waals surface area contributed by atoms with E-state index in [4.69, 9.17) is 4.74 Å². The van der Waals surface area contributed by atoms with Crippen LogP contribution in [0.15, 0.2) is 57.2 Å². The first-order chi connectivity index (χ1) is 10.5. The highest BCUT2D eigenvalue weighted by Crippen LogP contribution is 2.29. The maximum atomic E-state index is 12.5. The van der Waals surface area contributed by atoms with Crippen LogP contribution in [-0.2, 0) is 10.0 Å². The average Bonchev–Trinajstić information content (AvgIpc) is 2.94. The van der Waals surface area contributed by atoms with Crippen LogP contribution in [0.3, 0.4) is 0 Å². The topological polar surface area (TPSA) is 55.4 Å². The fourth-order valence-electron chi connectivity index (χ4n) is 2.06. The van der Waals surface area contributed by atoms with E-state index in [0.717, 1.165) is 10.1 Å². The number of methoxy groups -OCH3 is 1. The van der Waals surface area contributed by atoms with Gasteiger partial charge in [0.05, 0.1) is 16.5 Å². The van der Waals surface area contributed by atoms with Gasteiger partial charge in [-0.1, -0.05) is 0 Å². The second-order valence-electron chi connectivity index (χ2n) is 4.58. The Morgan fingerprint density at radius 1 is 1.14 bits per heavy atom. The Kier molecular flexibility index (Phi) is 4.12. The molecule has 0 aliphatic carbocycles. The lowest BCUT2D eigenvalue weighted by Gasteiger charge is -2.10. The second kappa shape index (κ2) is 5.91. The number of anilines is 1. The normalized spacial score (nSPS) is 11.5. The maximum absolute atomic E-state index is 12.5. The Morgan fingerprint density at radius 3 is 2.68 bits per heavy atom. The van der Waals surface area contributed by atoms with E-state index >= 15 is 0 Å². The van der Waals surface area contributed by atoms with Gasteiger partial charge < -0.3 is 4.74 Å². The average molecular weight is 398 g/mol.